The summed E-state index contributed by atoms with van der Waals surface area (Å²) >= 11 is 0.893. The molecule has 0 aromatic carbocycles. The maximum atomic E-state index is 12.5. The van der Waals surface area contributed by atoms with E-state index in [1.54, 1.807) is 13.8 Å². The van der Waals surface area contributed by atoms with Crippen molar-refractivity contribution in [1.82, 2.24) is 0 Å². The zero-order valence-corrected chi connectivity index (χ0v) is 17.9. The molecule has 9 heteroatoms. The number of nitrogens with one attached hydrogen (secondary N) is 1. The van der Waals surface area contributed by atoms with Crippen molar-refractivity contribution in [3.8, 4) is 0 Å². The van der Waals surface area contributed by atoms with Gasteiger partial charge in [0.15, 0.2) is 6.61 Å². The normalized spacial score (nSPS) is 15.8. The molecule has 0 spiro atoms. The summed E-state index contributed by atoms with van der Waals surface area (Å²) in [5, 5.41) is 2.69. The van der Waals surface area contributed by atoms with Crippen LogP contribution in [0.25, 0.3) is 0 Å². The van der Waals surface area contributed by atoms with E-state index in [1.165, 1.54) is 0 Å². The van der Waals surface area contributed by atoms with Crippen molar-refractivity contribution < 1.29 is 28.7 Å². The second-order valence-electron chi connectivity index (χ2n) is 7.44. The van der Waals surface area contributed by atoms with Gasteiger partial charge in [-0.1, -0.05) is 25.7 Å². The molecule has 2 amide bonds. The van der Waals surface area contributed by atoms with Crippen LogP contribution in [0.1, 0.15) is 78.0 Å². The molecule has 0 bridgehead atoms. The van der Waals surface area contributed by atoms with Crippen LogP contribution in [-0.2, 0) is 19.1 Å². The summed E-state index contributed by atoms with van der Waals surface area (Å²) in [7, 11) is 0. The highest BCUT2D eigenvalue weighted by Gasteiger charge is 2.35. The molecule has 0 unspecified atom stereocenters. The molecule has 0 radical (unpaired) electrons. The zero-order chi connectivity index (χ0) is 21.6. The Balaban J connectivity index is 2.08. The predicted molar refractivity (Wildman–Crippen MR) is 109 cm³/mol. The van der Waals surface area contributed by atoms with Gasteiger partial charge in [0.05, 0.1) is 22.5 Å². The Bertz CT molecular complexity index is 793. The third kappa shape index (κ3) is 5.56. The van der Waals surface area contributed by atoms with Gasteiger partial charge in [-0.05, 0) is 39.2 Å². The molecule has 8 nitrogen and oxygen atoms in total. The number of hydrogen-bond acceptors (Lipinski definition) is 7. The van der Waals surface area contributed by atoms with Crippen LogP contribution in [0.2, 0.25) is 0 Å². The van der Waals surface area contributed by atoms with Gasteiger partial charge in [-0.15, -0.1) is 11.3 Å². The lowest BCUT2D eigenvalue weighted by Gasteiger charge is -2.25. The first-order chi connectivity index (χ1) is 13.7. The molecule has 1 aromatic heterocycles. The van der Waals surface area contributed by atoms with Crippen molar-refractivity contribution in [2.75, 3.05) is 18.5 Å². The van der Waals surface area contributed by atoms with Crippen LogP contribution in [0.5, 0.6) is 0 Å². The minimum atomic E-state index is -0.703. The maximum absolute atomic E-state index is 12.5. The van der Waals surface area contributed by atoms with E-state index in [-0.39, 0.29) is 28.0 Å². The first kappa shape index (κ1) is 22.9. The molecule has 29 heavy (non-hydrogen) atoms. The SMILES string of the molecule is CCOC(=O)c1c(NC(=O)COC(=O)C2(C)CCCCCC2)sc(C(N)=O)c1C. The van der Waals surface area contributed by atoms with E-state index in [1.807, 2.05) is 6.92 Å². The van der Waals surface area contributed by atoms with Gasteiger partial charge < -0.3 is 20.5 Å². The number of primary amides is 1. The van der Waals surface area contributed by atoms with E-state index in [2.05, 4.69) is 5.32 Å². The number of carbonyl (C=O) groups is 4. The van der Waals surface area contributed by atoms with Gasteiger partial charge in [-0.3, -0.25) is 14.4 Å². The molecule has 0 saturated heterocycles. The van der Waals surface area contributed by atoms with Gasteiger partial charge in [0.2, 0.25) is 0 Å². The quantitative estimate of drug-likeness (QED) is 0.512. The van der Waals surface area contributed by atoms with Gasteiger partial charge in [-0.25, -0.2) is 4.79 Å². The van der Waals surface area contributed by atoms with Crippen LogP contribution in [0, 0.1) is 12.3 Å². The molecule has 0 aliphatic heterocycles. The Labute approximate surface area is 174 Å². The van der Waals surface area contributed by atoms with E-state index < -0.39 is 29.8 Å². The van der Waals surface area contributed by atoms with Crippen LogP contribution in [0.4, 0.5) is 5.00 Å². The molecule has 1 aromatic rings. The topological polar surface area (TPSA) is 125 Å². The lowest BCUT2D eigenvalue weighted by atomic mass is 9.83. The van der Waals surface area contributed by atoms with Crippen molar-refractivity contribution in [3.05, 3.63) is 16.0 Å². The first-order valence-electron chi connectivity index (χ1n) is 9.77. The van der Waals surface area contributed by atoms with E-state index in [9.17, 15) is 19.2 Å². The smallest absolute Gasteiger partial charge is 0.341 e. The Kier molecular flexibility index (Phi) is 7.78. The number of thiophene rings is 1. The molecule has 1 fully saturated rings. The summed E-state index contributed by atoms with van der Waals surface area (Å²) in [5.41, 5.74) is 5.20. The van der Waals surface area contributed by atoms with Crippen LogP contribution < -0.4 is 11.1 Å². The molecule has 1 heterocycles. The lowest BCUT2D eigenvalue weighted by Crippen LogP contribution is -2.32. The Morgan fingerprint density at radius 2 is 1.72 bits per heavy atom. The standard InChI is InChI=1S/C20H28N2O6S/c1-4-27-18(25)14-12(2)15(16(21)24)29-17(14)22-13(23)11-28-19(26)20(3)9-7-5-6-8-10-20/h4-11H2,1-3H3,(H2,21,24)(H,22,23). The highest BCUT2D eigenvalue weighted by atomic mass is 32.1. The fourth-order valence-electron chi connectivity index (χ4n) is 3.47. The third-order valence-electron chi connectivity index (χ3n) is 5.14. The van der Waals surface area contributed by atoms with Crippen LogP contribution >= 0.6 is 11.3 Å². The number of ether oxygens (including phenoxy) is 2. The average Bonchev–Trinajstić information content (AvgIpc) is 2.82. The maximum Gasteiger partial charge on any atom is 0.341 e. The number of anilines is 1. The molecule has 160 valence electrons. The second-order valence-corrected chi connectivity index (χ2v) is 8.46. The number of hydrogen-bond donors (Lipinski definition) is 2. The minimum absolute atomic E-state index is 0.0843. The summed E-state index contributed by atoms with van der Waals surface area (Å²) in [6, 6.07) is 0. The van der Waals surface area contributed by atoms with Crippen molar-refractivity contribution in [2.45, 2.75) is 59.3 Å². The fourth-order valence-corrected chi connectivity index (χ4v) is 4.53. The summed E-state index contributed by atoms with van der Waals surface area (Å²) < 4.78 is 10.3. The Morgan fingerprint density at radius 1 is 1.10 bits per heavy atom. The summed E-state index contributed by atoms with van der Waals surface area (Å²) in [4.78, 5) is 48.9. The van der Waals surface area contributed by atoms with Crippen molar-refractivity contribution in [3.63, 3.8) is 0 Å². The first-order valence-corrected chi connectivity index (χ1v) is 10.6. The van der Waals surface area contributed by atoms with E-state index >= 15 is 0 Å². The fraction of sp³-hybridized carbons (Fsp3) is 0.600. The van der Waals surface area contributed by atoms with E-state index in [0.29, 0.717) is 5.56 Å². The number of esters is 2. The predicted octanol–water partition coefficient (Wildman–Crippen LogP) is 3.17. The molecule has 1 saturated carbocycles. The Hall–Kier alpha value is -2.42. The molecule has 1 aliphatic rings. The van der Waals surface area contributed by atoms with Gasteiger partial charge in [0.1, 0.15) is 5.00 Å². The second kappa shape index (κ2) is 9.87. The van der Waals surface area contributed by atoms with Gasteiger partial charge in [0.25, 0.3) is 11.8 Å². The van der Waals surface area contributed by atoms with Gasteiger partial charge in [-0.2, -0.15) is 0 Å². The third-order valence-corrected chi connectivity index (χ3v) is 6.36. The monoisotopic (exact) mass is 424 g/mol. The van der Waals surface area contributed by atoms with Crippen molar-refractivity contribution >= 4 is 40.1 Å². The summed E-state index contributed by atoms with van der Waals surface area (Å²) in [6.45, 7) is 4.76. The largest absolute Gasteiger partial charge is 0.462 e. The average molecular weight is 425 g/mol. The molecule has 1 aliphatic carbocycles. The summed E-state index contributed by atoms with van der Waals surface area (Å²) in [5.74, 6) is -2.35. The lowest BCUT2D eigenvalue weighted by molar-refractivity contribution is -0.158. The highest BCUT2D eigenvalue weighted by molar-refractivity contribution is 7.18. The van der Waals surface area contributed by atoms with Crippen LogP contribution in [-0.4, -0.2) is 37.0 Å². The van der Waals surface area contributed by atoms with Crippen molar-refractivity contribution in [1.29, 1.82) is 0 Å². The molecular formula is C20H28N2O6S. The van der Waals surface area contributed by atoms with E-state index in [0.717, 1.165) is 49.9 Å². The zero-order valence-electron chi connectivity index (χ0n) is 17.1. The molecule has 3 N–H and O–H groups in total. The van der Waals surface area contributed by atoms with E-state index in [4.69, 9.17) is 15.2 Å². The molecule has 2 rings (SSSR count). The molecular weight excluding hydrogens is 396 g/mol. The molecule has 0 atom stereocenters. The number of carbonyl (C=O) groups excluding carboxylic acids is 4. The number of amides is 2. The summed E-state index contributed by atoms with van der Waals surface area (Å²) in [6.07, 6.45) is 5.61. The number of rotatable bonds is 7. The van der Waals surface area contributed by atoms with Gasteiger partial charge in [0, 0.05) is 0 Å². The van der Waals surface area contributed by atoms with Gasteiger partial charge >= 0.3 is 11.9 Å². The number of nitrogens with two attached hydrogens (primary N) is 1. The van der Waals surface area contributed by atoms with Crippen LogP contribution in [0.3, 0.4) is 0 Å². The Morgan fingerprint density at radius 3 is 2.28 bits per heavy atom. The van der Waals surface area contributed by atoms with Crippen molar-refractivity contribution in [2.24, 2.45) is 11.1 Å². The minimum Gasteiger partial charge on any atom is -0.462 e. The van der Waals surface area contributed by atoms with Crippen LogP contribution in [0.15, 0.2) is 0 Å². The highest BCUT2D eigenvalue weighted by Crippen LogP contribution is 2.36.